The Hall–Kier alpha value is -2.04. The van der Waals surface area contributed by atoms with Gasteiger partial charge < -0.3 is 16.0 Å². The average Bonchev–Trinajstić information content (AvgIpc) is 3.27. The van der Waals surface area contributed by atoms with Crippen LogP contribution in [-0.4, -0.2) is 35.5 Å². The maximum atomic E-state index is 12.8. The fraction of sp³-hybridized carbons (Fsp3) is 0.529. The minimum atomic E-state index is -0.735. The molecule has 3 N–H and O–H groups in total. The fourth-order valence-corrected chi connectivity index (χ4v) is 3.54. The second kappa shape index (κ2) is 5.30. The van der Waals surface area contributed by atoms with Crippen molar-refractivity contribution in [2.45, 2.75) is 43.6 Å². The molecule has 1 saturated heterocycles. The molecule has 0 bridgehead atoms. The van der Waals surface area contributed by atoms with Crippen LogP contribution >= 0.6 is 0 Å². The normalized spacial score (nSPS) is 26.3. The van der Waals surface area contributed by atoms with E-state index in [1.165, 1.54) is 5.56 Å². The number of rotatable bonds is 3. The van der Waals surface area contributed by atoms with Gasteiger partial charge in [0.2, 0.25) is 5.91 Å². The van der Waals surface area contributed by atoms with Crippen LogP contribution < -0.4 is 11.1 Å². The van der Waals surface area contributed by atoms with Gasteiger partial charge in [-0.05, 0) is 31.2 Å². The number of urea groups is 1. The maximum Gasteiger partial charge on any atom is 0.313 e. The Kier molecular flexibility index (Phi) is 3.59. The molecule has 5 nitrogen and oxygen atoms in total. The van der Waals surface area contributed by atoms with Crippen molar-refractivity contribution in [1.29, 1.82) is 0 Å². The Bertz CT molecular complexity index is 583. The van der Waals surface area contributed by atoms with Gasteiger partial charge in [0.1, 0.15) is 5.54 Å². The Balaban J connectivity index is 1.76. The van der Waals surface area contributed by atoms with Crippen LogP contribution in [0.15, 0.2) is 30.3 Å². The van der Waals surface area contributed by atoms with Crippen molar-refractivity contribution in [3.05, 3.63) is 35.9 Å². The van der Waals surface area contributed by atoms with Crippen LogP contribution in [0.5, 0.6) is 0 Å². The lowest BCUT2D eigenvalue weighted by molar-refractivity contribution is -0.136. The molecule has 1 heterocycles. The Morgan fingerprint density at radius 3 is 2.45 bits per heavy atom. The van der Waals surface area contributed by atoms with E-state index in [4.69, 9.17) is 5.73 Å². The van der Waals surface area contributed by atoms with Crippen LogP contribution in [0.25, 0.3) is 0 Å². The molecule has 1 aromatic rings. The van der Waals surface area contributed by atoms with Crippen LogP contribution in [0.4, 0.5) is 4.79 Å². The fourth-order valence-electron chi connectivity index (χ4n) is 3.54. The smallest absolute Gasteiger partial charge is 0.313 e. The average molecular weight is 301 g/mol. The van der Waals surface area contributed by atoms with Crippen molar-refractivity contribution in [3.8, 4) is 0 Å². The molecule has 1 atom stereocenters. The highest BCUT2D eigenvalue weighted by molar-refractivity contribution is 5.93. The number of hydrogen-bond acceptors (Lipinski definition) is 2. The summed E-state index contributed by atoms with van der Waals surface area (Å²) in [6, 6.07) is 9.73. The van der Waals surface area contributed by atoms with E-state index in [-0.39, 0.29) is 11.3 Å². The number of benzene rings is 1. The number of nitrogens with one attached hydrogen (secondary N) is 1. The van der Waals surface area contributed by atoms with Crippen LogP contribution in [0, 0.1) is 0 Å². The lowest BCUT2D eigenvalue weighted by atomic mass is 9.76. The van der Waals surface area contributed by atoms with E-state index >= 15 is 0 Å². The molecule has 1 aliphatic heterocycles. The summed E-state index contributed by atoms with van der Waals surface area (Å²) in [7, 11) is 0. The van der Waals surface area contributed by atoms with Crippen molar-refractivity contribution < 1.29 is 9.59 Å². The predicted octanol–water partition coefficient (Wildman–Crippen LogP) is 1.77. The molecular formula is C17H23N3O2. The third kappa shape index (κ3) is 2.67. The lowest BCUT2D eigenvalue weighted by Gasteiger charge is -2.42. The van der Waals surface area contributed by atoms with Gasteiger partial charge in [0.25, 0.3) is 0 Å². The molecular weight excluding hydrogens is 278 g/mol. The van der Waals surface area contributed by atoms with Crippen LogP contribution in [0.3, 0.4) is 0 Å². The van der Waals surface area contributed by atoms with Gasteiger partial charge in [0.15, 0.2) is 0 Å². The van der Waals surface area contributed by atoms with Gasteiger partial charge in [-0.15, -0.1) is 0 Å². The molecule has 2 fully saturated rings. The number of carbonyl (C=O) groups is 2. The Morgan fingerprint density at radius 2 is 1.86 bits per heavy atom. The zero-order valence-corrected chi connectivity index (χ0v) is 13.0. The third-order valence-corrected chi connectivity index (χ3v) is 4.98. The number of piperidine rings is 1. The first-order valence-electron chi connectivity index (χ1n) is 7.88. The maximum absolute atomic E-state index is 12.8. The molecule has 1 aromatic carbocycles. The second-order valence-electron chi connectivity index (χ2n) is 6.83. The minimum Gasteiger partial charge on any atom is -0.352 e. The number of amides is 3. The van der Waals surface area contributed by atoms with Crippen molar-refractivity contribution in [3.63, 3.8) is 0 Å². The molecule has 1 saturated carbocycles. The summed E-state index contributed by atoms with van der Waals surface area (Å²) in [4.78, 5) is 25.8. The van der Waals surface area contributed by atoms with Gasteiger partial charge in [0.05, 0.1) is 0 Å². The summed E-state index contributed by atoms with van der Waals surface area (Å²) in [5.74, 6) is 0.0214. The van der Waals surface area contributed by atoms with Gasteiger partial charge in [-0.1, -0.05) is 37.3 Å². The standard InChI is InChI=1S/C17H23N3O2/c1-16(13-6-3-2-4-7-13)8-5-11-20(12-16)14(21)17(9-10-17)19-15(18)22/h2-4,6-7H,5,8-12H2,1H3,(H3,18,19,22). The Morgan fingerprint density at radius 1 is 1.18 bits per heavy atom. The van der Waals surface area contributed by atoms with Crippen molar-refractivity contribution in [1.82, 2.24) is 10.2 Å². The van der Waals surface area contributed by atoms with Crippen LogP contribution in [-0.2, 0) is 10.2 Å². The van der Waals surface area contributed by atoms with Gasteiger partial charge in [-0.25, -0.2) is 4.79 Å². The summed E-state index contributed by atoms with van der Waals surface area (Å²) in [6.07, 6.45) is 3.42. The Labute approximate surface area is 130 Å². The molecule has 0 radical (unpaired) electrons. The van der Waals surface area contributed by atoms with Crippen molar-refractivity contribution in [2.75, 3.05) is 13.1 Å². The molecule has 5 heteroatoms. The highest BCUT2D eigenvalue weighted by Crippen LogP contribution is 2.40. The number of nitrogens with zero attached hydrogens (tertiary/aromatic N) is 1. The molecule has 1 unspecified atom stereocenters. The first-order chi connectivity index (χ1) is 10.5. The van der Waals surface area contributed by atoms with E-state index in [9.17, 15) is 9.59 Å². The number of nitrogens with two attached hydrogens (primary N) is 1. The zero-order valence-electron chi connectivity index (χ0n) is 13.0. The number of primary amides is 1. The van der Waals surface area contributed by atoms with E-state index in [2.05, 4.69) is 24.4 Å². The van der Waals surface area contributed by atoms with Gasteiger partial charge in [-0.2, -0.15) is 0 Å². The number of carbonyl (C=O) groups excluding carboxylic acids is 2. The van der Waals surface area contributed by atoms with Crippen molar-refractivity contribution >= 4 is 11.9 Å². The topological polar surface area (TPSA) is 75.4 Å². The van der Waals surface area contributed by atoms with Gasteiger partial charge in [0, 0.05) is 18.5 Å². The second-order valence-corrected chi connectivity index (χ2v) is 6.83. The summed E-state index contributed by atoms with van der Waals surface area (Å²) in [6.45, 7) is 3.66. The van der Waals surface area contributed by atoms with E-state index in [1.807, 2.05) is 23.1 Å². The number of hydrogen-bond donors (Lipinski definition) is 2. The van der Waals surface area contributed by atoms with E-state index < -0.39 is 11.6 Å². The number of likely N-dealkylation sites (tertiary alicyclic amines) is 1. The van der Waals surface area contributed by atoms with E-state index in [1.54, 1.807) is 0 Å². The molecule has 0 spiro atoms. The highest BCUT2D eigenvalue weighted by Gasteiger charge is 2.53. The molecule has 2 aliphatic rings. The first-order valence-corrected chi connectivity index (χ1v) is 7.88. The molecule has 22 heavy (non-hydrogen) atoms. The van der Waals surface area contributed by atoms with Crippen LogP contribution in [0.2, 0.25) is 0 Å². The molecule has 3 amide bonds. The largest absolute Gasteiger partial charge is 0.352 e. The molecule has 1 aliphatic carbocycles. The van der Waals surface area contributed by atoms with Gasteiger partial charge >= 0.3 is 6.03 Å². The quantitative estimate of drug-likeness (QED) is 0.892. The molecule has 3 rings (SSSR count). The van der Waals surface area contributed by atoms with E-state index in [0.29, 0.717) is 19.4 Å². The minimum absolute atomic E-state index is 0.0214. The summed E-state index contributed by atoms with van der Waals surface area (Å²) < 4.78 is 0. The summed E-state index contributed by atoms with van der Waals surface area (Å²) in [5, 5.41) is 2.64. The summed E-state index contributed by atoms with van der Waals surface area (Å²) >= 11 is 0. The monoisotopic (exact) mass is 301 g/mol. The molecule has 0 aromatic heterocycles. The van der Waals surface area contributed by atoms with Crippen LogP contribution in [0.1, 0.15) is 38.2 Å². The molecule has 118 valence electrons. The third-order valence-electron chi connectivity index (χ3n) is 4.98. The zero-order chi connectivity index (χ0) is 15.8. The van der Waals surface area contributed by atoms with Crippen molar-refractivity contribution in [2.24, 2.45) is 5.73 Å². The first kappa shape index (κ1) is 14.9. The van der Waals surface area contributed by atoms with E-state index in [0.717, 1.165) is 19.4 Å². The van der Waals surface area contributed by atoms with Gasteiger partial charge in [-0.3, -0.25) is 4.79 Å². The lowest BCUT2D eigenvalue weighted by Crippen LogP contribution is -2.56. The highest BCUT2D eigenvalue weighted by atomic mass is 16.2. The SMILES string of the molecule is CC1(c2ccccc2)CCCN(C(=O)C2(NC(N)=O)CC2)C1. The predicted molar refractivity (Wildman–Crippen MR) is 84.3 cm³/mol. The summed E-state index contributed by atoms with van der Waals surface area (Å²) in [5.41, 5.74) is 5.71.